The molecular formula is C12H15NO3. The van der Waals surface area contributed by atoms with Gasteiger partial charge in [-0.2, -0.15) is 0 Å². The number of aryl methyl sites for hydroxylation is 1. The molecule has 1 fully saturated rings. The fourth-order valence-corrected chi connectivity index (χ4v) is 2.05. The van der Waals surface area contributed by atoms with Crippen LogP contribution in [-0.4, -0.2) is 24.3 Å². The smallest absolute Gasteiger partial charge is 0.307 e. The van der Waals surface area contributed by atoms with Crippen molar-refractivity contribution in [1.29, 1.82) is 0 Å². The SMILES string of the molecule is Cc1cc(CC(=O)O)ccc1C1(N)COC1. The summed E-state index contributed by atoms with van der Waals surface area (Å²) < 4.78 is 5.12. The first kappa shape index (κ1) is 11.1. The molecule has 1 aromatic rings. The van der Waals surface area contributed by atoms with Gasteiger partial charge in [-0.1, -0.05) is 18.2 Å². The highest BCUT2D eigenvalue weighted by Gasteiger charge is 2.37. The summed E-state index contributed by atoms with van der Waals surface area (Å²) in [4.78, 5) is 10.6. The van der Waals surface area contributed by atoms with Crippen LogP contribution in [0.5, 0.6) is 0 Å². The predicted octanol–water partition coefficient (Wildman–Crippen LogP) is 0.806. The lowest BCUT2D eigenvalue weighted by atomic mass is 9.85. The minimum absolute atomic E-state index is 0.0508. The van der Waals surface area contributed by atoms with Crippen LogP contribution in [0.15, 0.2) is 18.2 Å². The van der Waals surface area contributed by atoms with E-state index in [9.17, 15) is 4.79 Å². The number of ether oxygens (including phenoxy) is 1. The largest absolute Gasteiger partial charge is 0.481 e. The Hall–Kier alpha value is -1.39. The minimum Gasteiger partial charge on any atom is -0.481 e. The Morgan fingerprint density at radius 3 is 2.69 bits per heavy atom. The summed E-state index contributed by atoms with van der Waals surface area (Å²) in [5.41, 5.74) is 8.64. The number of carbonyl (C=O) groups is 1. The standard InChI is InChI=1S/C12H15NO3/c1-8-4-9(5-11(14)15)2-3-10(8)12(13)6-16-7-12/h2-4H,5-7,13H2,1H3,(H,14,15). The van der Waals surface area contributed by atoms with E-state index in [1.165, 1.54) is 0 Å². The van der Waals surface area contributed by atoms with Gasteiger partial charge in [0.05, 0.1) is 25.2 Å². The van der Waals surface area contributed by atoms with E-state index in [1.807, 2.05) is 25.1 Å². The maximum Gasteiger partial charge on any atom is 0.307 e. The van der Waals surface area contributed by atoms with Crippen LogP contribution in [-0.2, 0) is 21.5 Å². The lowest BCUT2D eigenvalue weighted by Crippen LogP contribution is -2.54. The molecule has 3 N–H and O–H groups in total. The molecule has 0 radical (unpaired) electrons. The first-order valence-corrected chi connectivity index (χ1v) is 5.20. The molecule has 16 heavy (non-hydrogen) atoms. The van der Waals surface area contributed by atoms with Gasteiger partial charge in [0.1, 0.15) is 0 Å². The molecule has 0 saturated carbocycles. The Bertz CT molecular complexity index is 424. The first-order chi connectivity index (χ1) is 7.51. The number of hydrogen-bond donors (Lipinski definition) is 2. The van der Waals surface area contributed by atoms with E-state index in [1.54, 1.807) is 0 Å². The minimum atomic E-state index is -0.818. The van der Waals surface area contributed by atoms with Crippen LogP contribution in [0.3, 0.4) is 0 Å². The Balaban J connectivity index is 2.26. The van der Waals surface area contributed by atoms with Crippen LogP contribution in [0.4, 0.5) is 0 Å². The molecule has 0 bridgehead atoms. The van der Waals surface area contributed by atoms with Crippen molar-refractivity contribution in [2.45, 2.75) is 18.9 Å². The number of carboxylic acids is 1. The fraction of sp³-hybridized carbons (Fsp3) is 0.417. The number of carboxylic acid groups (broad SMARTS) is 1. The van der Waals surface area contributed by atoms with Crippen LogP contribution in [0.2, 0.25) is 0 Å². The van der Waals surface area contributed by atoms with Crippen LogP contribution >= 0.6 is 0 Å². The number of rotatable bonds is 3. The molecule has 0 aliphatic carbocycles. The van der Waals surface area contributed by atoms with E-state index in [2.05, 4.69) is 0 Å². The average molecular weight is 221 g/mol. The van der Waals surface area contributed by atoms with Crippen molar-refractivity contribution >= 4 is 5.97 Å². The molecule has 0 unspecified atom stereocenters. The van der Waals surface area contributed by atoms with Crippen LogP contribution in [0, 0.1) is 6.92 Å². The Kier molecular flexibility index (Phi) is 2.69. The maximum atomic E-state index is 10.6. The van der Waals surface area contributed by atoms with Gasteiger partial charge in [-0.15, -0.1) is 0 Å². The van der Waals surface area contributed by atoms with Crippen molar-refractivity contribution in [2.24, 2.45) is 5.73 Å². The molecule has 0 amide bonds. The van der Waals surface area contributed by atoms with E-state index in [0.717, 1.165) is 16.7 Å². The third-order valence-electron chi connectivity index (χ3n) is 2.90. The van der Waals surface area contributed by atoms with Gasteiger partial charge in [0, 0.05) is 0 Å². The van der Waals surface area contributed by atoms with Gasteiger partial charge in [-0.25, -0.2) is 0 Å². The second-order valence-electron chi connectivity index (χ2n) is 4.37. The average Bonchev–Trinajstić information content (AvgIpc) is 2.13. The second-order valence-corrected chi connectivity index (χ2v) is 4.37. The molecule has 1 saturated heterocycles. The lowest BCUT2D eigenvalue weighted by molar-refractivity contribution is -0.136. The van der Waals surface area contributed by atoms with Crippen molar-refractivity contribution in [3.05, 3.63) is 34.9 Å². The molecule has 86 valence electrons. The molecule has 1 heterocycles. The van der Waals surface area contributed by atoms with Gasteiger partial charge in [-0.05, 0) is 23.6 Å². The summed E-state index contributed by atoms with van der Waals surface area (Å²) >= 11 is 0. The van der Waals surface area contributed by atoms with E-state index < -0.39 is 5.97 Å². The van der Waals surface area contributed by atoms with E-state index in [0.29, 0.717) is 13.2 Å². The monoisotopic (exact) mass is 221 g/mol. The lowest BCUT2D eigenvalue weighted by Gasteiger charge is -2.39. The molecule has 0 spiro atoms. The van der Waals surface area contributed by atoms with Crippen molar-refractivity contribution in [1.82, 2.24) is 0 Å². The third-order valence-corrected chi connectivity index (χ3v) is 2.90. The summed E-state index contributed by atoms with van der Waals surface area (Å²) in [6.45, 7) is 3.02. The van der Waals surface area contributed by atoms with Gasteiger partial charge < -0.3 is 15.6 Å². The quantitative estimate of drug-likeness (QED) is 0.792. The Morgan fingerprint density at radius 2 is 2.25 bits per heavy atom. The summed E-state index contributed by atoms with van der Waals surface area (Å²) in [5.74, 6) is -0.818. The van der Waals surface area contributed by atoms with Crippen molar-refractivity contribution in [3.63, 3.8) is 0 Å². The highest BCUT2D eigenvalue weighted by atomic mass is 16.5. The number of nitrogens with two attached hydrogens (primary N) is 1. The molecule has 4 heteroatoms. The van der Waals surface area contributed by atoms with E-state index >= 15 is 0 Å². The Morgan fingerprint density at radius 1 is 1.56 bits per heavy atom. The zero-order valence-electron chi connectivity index (χ0n) is 9.19. The second kappa shape index (κ2) is 3.88. The van der Waals surface area contributed by atoms with Crippen molar-refractivity contribution in [2.75, 3.05) is 13.2 Å². The van der Waals surface area contributed by atoms with Gasteiger partial charge in [0.2, 0.25) is 0 Å². The normalized spacial score (nSPS) is 17.9. The molecule has 1 aliphatic heterocycles. The summed E-state index contributed by atoms with van der Waals surface area (Å²) in [5, 5.41) is 8.70. The highest BCUT2D eigenvalue weighted by Crippen LogP contribution is 2.29. The zero-order valence-corrected chi connectivity index (χ0v) is 9.19. The van der Waals surface area contributed by atoms with Gasteiger partial charge in [0.25, 0.3) is 0 Å². The molecule has 1 aromatic carbocycles. The molecule has 2 rings (SSSR count). The molecule has 4 nitrogen and oxygen atoms in total. The molecule has 0 aromatic heterocycles. The maximum absolute atomic E-state index is 10.6. The molecule has 0 atom stereocenters. The molecular weight excluding hydrogens is 206 g/mol. The number of benzene rings is 1. The van der Waals surface area contributed by atoms with Crippen LogP contribution in [0.1, 0.15) is 16.7 Å². The number of hydrogen-bond acceptors (Lipinski definition) is 3. The highest BCUT2D eigenvalue weighted by molar-refractivity contribution is 5.70. The zero-order chi connectivity index (χ0) is 11.8. The van der Waals surface area contributed by atoms with Crippen LogP contribution in [0.25, 0.3) is 0 Å². The molecule has 1 aliphatic rings. The summed E-state index contributed by atoms with van der Waals surface area (Å²) in [7, 11) is 0. The van der Waals surface area contributed by atoms with Gasteiger partial charge >= 0.3 is 5.97 Å². The van der Waals surface area contributed by atoms with E-state index in [4.69, 9.17) is 15.6 Å². The number of aliphatic carboxylic acids is 1. The Labute approximate surface area is 94.0 Å². The first-order valence-electron chi connectivity index (χ1n) is 5.20. The van der Waals surface area contributed by atoms with Crippen LogP contribution < -0.4 is 5.73 Å². The van der Waals surface area contributed by atoms with Crippen molar-refractivity contribution < 1.29 is 14.6 Å². The van der Waals surface area contributed by atoms with E-state index in [-0.39, 0.29) is 12.0 Å². The summed E-state index contributed by atoms with van der Waals surface area (Å²) in [6.07, 6.45) is 0.0508. The van der Waals surface area contributed by atoms with Crippen molar-refractivity contribution in [3.8, 4) is 0 Å². The van der Waals surface area contributed by atoms with Gasteiger partial charge in [0.15, 0.2) is 0 Å². The third kappa shape index (κ3) is 1.94. The summed E-state index contributed by atoms with van der Waals surface area (Å²) in [6, 6.07) is 5.62. The fourth-order valence-electron chi connectivity index (χ4n) is 2.05. The predicted molar refractivity (Wildman–Crippen MR) is 59.2 cm³/mol. The van der Waals surface area contributed by atoms with Gasteiger partial charge in [-0.3, -0.25) is 4.79 Å². The topological polar surface area (TPSA) is 72.5 Å².